The number of nitrogens with zero attached hydrogens (tertiary/aromatic N) is 1. The van der Waals surface area contributed by atoms with Crippen LogP contribution in [0.5, 0.6) is 5.75 Å². The molecule has 0 unspecified atom stereocenters. The molecule has 2 aromatic heterocycles. The quantitative estimate of drug-likeness (QED) is 0.294. The molecule has 0 aliphatic heterocycles. The molecule has 3 aromatic carbocycles. The van der Waals surface area contributed by atoms with E-state index in [0.717, 1.165) is 16.9 Å². The summed E-state index contributed by atoms with van der Waals surface area (Å²) < 4.78 is 29.8. The fraction of sp³-hybridized carbons (Fsp3) is 0.0370. The van der Waals surface area contributed by atoms with Crippen LogP contribution in [0.3, 0.4) is 0 Å². The van der Waals surface area contributed by atoms with E-state index in [1.807, 2.05) is 24.3 Å². The third-order valence-corrected chi connectivity index (χ3v) is 5.15. The van der Waals surface area contributed by atoms with Gasteiger partial charge in [0.05, 0.1) is 7.11 Å². The molecule has 0 saturated carbocycles. The summed E-state index contributed by atoms with van der Waals surface area (Å²) in [6.07, 6.45) is 2.95. The van der Waals surface area contributed by atoms with Gasteiger partial charge < -0.3 is 18.9 Å². The Kier molecular flexibility index (Phi) is 5.66. The van der Waals surface area contributed by atoms with Gasteiger partial charge in [-0.25, -0.2) is 9.37 Å². The van der Waals surface area contributed by atoms with Gasteiger partial charge in [0.15, 0.2) is 5.58 Å². The number of carbonyl (C=O) groups excluding carboxylic acids is 1. The van der Waals surface area contributed by atoms with Crippen LogP contribution in [0.1, 0.15) is 5.76 Å². The third kappa shape index (κ3) is 4.59. The van der Waals surface area contributed by atoms with Crippen LogP contribution in [-0.2, 0) is 4.79 Å². The molecule has 5 rings (SSSR count). The number of hydrogen-bond donors (Lipinski definition) is 1. The highest BCUT2D eigenvalue weighted by Gasteiger charge is 2.10. The van der Waals surface area contributed by atoms with E-state index in [4.69, 9.17) is 13.6 Å². The molecule has 1 amide bonds. The number of anilines is 1. The van der Waals surface area contributed by atoms with E-state index in [9.17, 15) is 9.18 Å². The average molecular weight is 454 g/mol. The Bertz CT molecular complexity index is 1480. The summed E-state index contributed by atoms with van der Waals surface area (Å²) in [5.41, 5.74) is 3.40. The molecule has 2 heterocycles. The second kappa shape index (κ2) is 9.07. The lowest BCUT2D eigenvalue weighted by molar-refractivity contribution is -0.111. The summed E-state index contributed by atoms with van der Waals surface area (Å²) >= 11 is 0. The molecule has 0 saturated heterocycles. The van der Waals surface area contributed by atoms with E-state index >= 15 is 0 Å². The number of oxazole rings is 1. The first-order chi connectivity index (χ1) is 16.6. The van der Waals surface area contributed by atoms with E-state index < -0.39 is 0 Å². The van der Waals surface area contributed by atoms with Crippen LogP contribution in [0.4, 0.5) is 10.1 Å². The SMILES string of the molecule is COc1ccc(-c2nc3cc(NC(=O)/C=C/c4ccc(-c5ccc(F)cc5)o4)ccc3o2)cc1. The lowest BCUT2D eigenvalue weighted by Crippen LogP contribution is -2.07. The first-order valence-electron chi connectivity index (χ1n) is 10.5. The van der Waals surface area contributed by atoms with E-state index in [-0.39, 0.29) is 11.7 Å². The van der Waals surface area contributed by atoms with E-state index in [1.54, 1.807) is 55.7 Å². The second-order valence-electron chi connectivity index (χ2n) is 7.46. The number of fused-ring (bicyclic) bond motifs is 1. The minimum absolute atomic E-state index is 0.312. The maximum Gasteiger partial charge on any atom is 0.248 e. The summed E-state index contributed by atoms with van der Waals surface area (Å²) in [5.74, 6) is 1.69. The summed E-state index contributed by atoms with van der Waals surface area (Å²) in [4.78, 5) is 16.9. The number of hydrogen-bond acceptors (Lipinski definition) is 5. The Morgan fingerprint density at radius 2 is 1.71 bits per heavy atom. The molecule has 7 heteroatoms. The van der Waals surface area contributed by atoms with Gasteiger partial charge in [-0.3, -0.25) is 4.79 Å². The molecule has 168 valence electrons. The first-order valence-corrected chi connectivity index (χ1v) is 10.5. The van der Waals surface area contributed by atoms with Crippen molar-refractivity contribution in [2.24, 2.45) is 0 Å². The predicted octanol–water partition coefficient (Wildman–Crippen LogP) is 6.55. The molecule has 0 aliphatic rings. The van der Waals surface area contributed by atoms with Gasteiger partial charge in [0.1, 0.15) is 28.6 Å². The Hall–Kier alpha value is -4.65. The highest BCUT2D eigenvalue weighted by molar-refractivity contribution is 6.02. The van der Waals surface area contributed by atoms with E-state index in [0.29, 0.717) is 34.2 Å². The Morgan fingerprint density at radius 1 is 0.941 bits per heavy atom. The van der Waals surface area contributed by atoms with Gasteiger partial charge in [-0.15, -0.1) is 0 Å². The Morgan fingerprint density at radius 3 is 2.47 bits per heavy atom. The van der Waals surface area contributed by atoms with Crippen LogP contribution in [-0.4, -0.2) is 18.0 Å². The Labute approximate surface area is 194 Å². The van der Waals surface area contributed by atoms with Gasteiger partial charge in [-0.05, 0) is 84.9 Å². The van der Waals surface area contributed by atoms with Crippen molar-refractivity contribution in [2.75, 3.05) is 12.4 Å². The number of furan rings is 1. The number of amides is 1. The normalized spacial score (nSPS) is 11.2. The van der Waals surface area contributed by atoms with Gasteiger partial charge in [-0.2, -0.15) is 0 Å². The molecular formula is C27H19FN2O4. The zero-order valence-corrected chi connectivity index (χ0v) is 18.1. The second-order valence-corrected chi connectivity index (χ2v) is 7.46. The number of halogens is 1. The van der Waals surface area contributed by atoms with Crippen molar-refractivity contribution >= 4 is 28.8 Å². The van der Waals surface area contributed by atoms with Crippen molar-refractivity contribution in [1.82, 2.24) is 4.98 Å². The van der Waals surface area contributed by atoms with Crippen molar-refractivity contribution in [3.63, 3.8) is 0 Å². The number of benzene rings is 3. The highest BCUT2D eigenvalue weighted by atomic mass is 19.1. The van der Waals surface area contributed by atoms with Crippen LogP contribution in [0.25, 0.3) is 40.0 Å². The standard InChI is InChI=1S/C27H19FN2O4/c1-32-21-9-4-18(5-10-21)27-30-23-16-20(8-13-25(23)34-27)29-26(31)15-12-22-11-14-24(33-22)17-2-6-19(28)7-3-17/h2-16H,1H3,(H,29,31)/b15-12+. The van der Waals surface area contributed by atoms with Crippen LogP contribution in [0.2, 0.25) is 0 Å². The van der Waals surface area contributed by atoms with Crippen molar-refractivity contribution in [3.8, 4) is 28.5 Å². The monoisotopic (exact) mass is 454 g/mol. The maximum atomic E-state index is 13.1. The Balaban J connectivity index is 1.27. The van der Waals surface area contributed by atoms with Gasteiger partial charge in [0, 0.05) is 22.9 Å². The van der Waals surface area contributed by atoms with Gasteiger partial charge in [-0.1, -0.05) is 0 Å². The van der Waals surface area contributed by atoms with E-state index in [2.05, 4.69) is 10.3 Å². The number of nitrogens with one attached hydrogen (secondary N) is 1. The lowest BCUT2D eigenvalue weighted by atomic mass is 10.2. The number of carbonyl (C=O) groups is 1. The minimum atomic E-state index is -0.321. The van der Waals surface area contributed by atoms with Gasteiger partial charge in [0.25, 0.3) is 0 Å². The highest BCUT2D eigenvalue weighted by Crippen LogP contribution is 2.28. The molecule has 1 N–H and O–H groups in total. The summed E-state index contributed by atoms with van der Waals surface area (Å²) in [7, 11) is 1.61. The molecule has 0 spiro atoms. The predicted molar refractivity (Wildman–Crippen MR) is 128 cm³/mol. The minimum Gasteiger partial charge on any atom is -0.497 e. The third-order valence-electron chi connectivity index (χ3n) is 5.15. The van der Waals surface area contributed by atoms with Gasteiger partial charge >= 0.3 is 0 Å². The van der Waals surface area contributed by atoms with Crippen LogP contribution >= 0.6 is 0 Å². The molecule has 34 heavy (non-hydrogen) atoms. The molecule has 0 aliphatic carbocycles. The van der Waals surface area contributed by atoms with Gasteiger partial charge in [0.2, 0.25) is 11.8 Å². The number of aromatic nitrogens is 1. The average Bonchev–Trinajstić information content (AvgIpc) is 3.50. The first kappa shape index (κ1) is 21.2. The molecule has 0 atom stereocenters. The maximum absolute atomic E-state index is 13.1. The molecular weight excluding hydrogens is 435 g/mol. The van der Waals surface area contributed by atoms with Crippen LogP contribution in [0.15, 0.2) is 93.8 Å². The molecule has 0 radical (unpaired) electrons. The van der Waals surface area contributed by atoms with Crippen molar-refractivity contribution < 1.29 is 22.8 Å². The summed E-state index contributed by atoms with van der Waals surface area (Å²) in [5, 5.41) is 2.81. The van der Waals surface area contributed by atoms with Crippen LogP contribution in [0, 0.1) is 5.82 Å². The number of rotatable bonds is 6. The van der Waals surface area contributed by atoms with Crippen LogP contribution < -0.4 is 10.1 Å². The molecule has 5 aromatic rings. The summed E-state index contributed by atoms with van der Waals surface area (Å²) in [6.45, 7) is 0. The molecule has 0 fully saturated rings. The van der Waals surface area contributed by atoms with Crippen molar-refractivity contribution in [3.05, 3.63) is 96.5 Å². The number of methoxy groups -OCH3 is 1. The number of ether oxygens (including phenoxy) is 1. The zero-order valence-electron chi connectivity index (χ0n) is 18.1. The van der Waals surface area contributed by atoms with E-state index in [1.165, 1.54) is 18.2 Å². The summed E-state index contributed by atoms with van der Waals surface area (Å²) in [6, 6.07) is 22.2. The molecule has 6 nitrogen and oxygen atoms in total. The topological polar surface area (TPSA) is 77.5 Å². The fourth-order valence-electron chi connectivity index (χ4n) is 3.42. The zero-order chi connectivity index (χ0) is 23.5. The fourth-order valence-corrected chi connectivity index (χ4v) is 3.42. The lowest BCUT2D eigenvalue weighted by Gasteiger charge is -2.00. The largest absolute Gasteiger partial charge is 0.497 e. The van der Waals surface area contributed by atoms with Crippen molar-refractivity contribution in [2.45, 2.75) is 0 Å². The van der Waals surface area contributed by atoms with Crippen molar-refractivity contribution in [1.29, 1.82) is 0 Å². The molecule has 0 bridgehead atoms. The smallest absolute Gasteiger partial charge is 0.248 e.